The molecule has 2 atom stereocenters. The van der Waals surface area contributed by atoms with Crippen molar-refractivity contribution in [2.45, 2.75) is 30.7 Å². The molecule has 6 nitrogen and oxygen atoms in total. The summed E-state index contributed by atoms with van der Waals surface area (Å²) in [6.07, 6.45) is 1.14. The van der Waals surface area contributed by atoms with Crippen LogP contribution in [-0.4, -0.2) is 39.3 Å². The van der Waals surface area contributed by atoms with Crippen LogP contribution in [0.1, 0.15) is 30.1 Å². The van der Waals surface area contributed by atoms with Crippen molar-refractivity contribution >= 4 is 29.5 Å². The fraction of sp³-hybridized carbons (Fsp3) is 0.400. The average molecular weight is 337 g/mol. The van der Waals surface area contributed by atoms with Crippen molar-refractivity contribution in [3.8, 4) is 0 Å². The van der Waals surface area contributed by atoms with Gasteiger partial charge in [-0.05, 0) is 25.5 Å². The SMILES string of the molecule is C[C@]12CCC(=O)N1[C@H](C(=O)NNC(=O)c1ccccc1F)CS2. The number of rotatable bonds is 2. The molecule has 0 saturated carbocycles. The first-order valence-electron chi connectivity index (χ1n) is 7.23. The minimum absolute atomic E-state index is 0.0573. The van der Waals surface area contributed by atoms with Crippen molar-refractivity contribution in [2.24, 2.45) is 0 Å². The van der Waals surface area contributed by atoms with Crippen molar-refractivity contribution in [1.29, 1.82) is 0 Å². The number of hydrazine groups is 1. The molecule has 2 aliphatic heterocycles. The first-order chi connectivity index (χ1) is 10.9. The maximum Gasteiger partial charge on any atom is 0.272 e. The summed E-state index contributed by atoms with van der Waals surface area (Å²) < 4.78 is 13.5. The molecule has 0 radical (unpaired) electrons. The molecule has 0 aromatic heterocycles. The highest BCUT2D eigenvalue weighted by Gasteiger charge is 2.52. The number of fused-ring (bicyclic) bond motifs is 1. The molecule has 3 amide bonds. The van der Waals surface area contributed by atoms with Crippen LogP contribution in [0.25, 0.3) is 0 Å². The van der Waals surface area contributed by atoms with Gasteiger partial charge in [-0.25, -0.2) is 4.39 Å². The molecule has 2 fully saturated rings. The van der Waals surface area contributed by atoms with Gasteiger partial charge in [0.1, 0.15) is 11.9 Å². The first kappa shape index (κ1) is 15.8. The molecular weight excluding hydrogens is 321 g/mol. The van der Waals surface area contributed by atoms with Gasteiger partial charge in [0.05, 0.1) is 10.4 Å². The summed E-state index contributed by atoms with van der Waals surface area (Å²) in [5.41, 5.74) is 4.33. The fourth-order valence-electron chi connectivity index (χ4n) is 2.93. The van der Waals surface area contributed by atoms with E-state index in [1.54, 1.807) is 16.7 Å². The second kappa shape index (κ2) is 5.84. The van der Waals surface area contributed by atoms with Gasteiger partial charge in [-0.1, -0.05) is 12.1 Å². The summed E-state index contributed by atoms with van der Waals surface area (Å²) >= 11 is 1.56. The average Bonchev–Trinajstić information content (AvgIpc) is 3.02. The number of amides is 3. The number of thioether (sulfide) groups is 1. The summed E-state index contributed by atoms with van der Waals surface area (Å²) in [4.78, 5) is 37.4. The quantitative estimate of drug-likeness (QED) is 0.791. The van der Waals surface area contributed by atoms with Gasteiger partial charge >= 0.3 is 0 Å². The maximum atomic E-state index is 13.5. The lowest BCUT2D eigenvalue weighted by molar-refractivity contribution is -0.138. The second-order valence-electron chi connectivity index (χ2n) is 5.69. The van der Waals surface area contributed by atoms with Crippen LogP contribution in [-0.2, 0) is 9.59 Å². The zero-order valence-corrected chi connectivity index (χ0v) is 13.3. The molecule has 0 bridgehead atoms. The van der Waals surface area contributed by atoms with E-state index in [0.717, 1.165) is 0 Å². The first-order valence-corrected chi connectivity index (χ1v) is 8.22. The van der Waals surface area contributed by atoms with Crippen LogP contribution in [0, 0.1) is 5.82 Å². The van der Waals surface area contributed by atoms with Crippen molar-refractivity contribution in [1.82, 2.24) is 15.8 Å². The molecule has 23 heavy (non-hydrogen) atoms. The lowest BCUT2D eigenvalue weighted by Crippen LogP contribution is -2.54. The molecule has 0 spiro atoms. The van der Waals surface area contributed by atoms with E-state index in [-0.39, 0.29) is 16.3 Å². The molecule has 8 heteroatoms. The lowest BCUT2D eigenvalue weighted by Gasteiger charge is -2.29. The van der Waals surface area contributed by atoms with Gasteiger partial charge < -0.3 is 4.90 Å². The summed E-state index contributed by atoms with van der Waals surface area (Å²) in [6.45, 7) is 1.94. The van der Waals surface area contributed by atoms with E-state index in [0.29, 0.717) is 18.6 Å². The highest BCUT2D eigenvalue weighted by atomic mass is 32.2. The Labute approximate surface area is 136 Å². The van der Waals surface area contributed by atoms with Gasteiger partial charge in [-0.2, -0.15) is 0 Å². The zero-order valence-electron chi connectivity index (χ0n) is 12.5. The molecule has 0 unspecified atom stereocenters. The molecule has 2 aliphatic rings. The van der Waals surface area contributed by atoms with Gasteiger partial charge in [0.25, 0.3) is 11.8 Å². The molecule has 1 aromatic carbocycles. The molecule has 0 aliphatic carbocycles. The van der Waals surface area contributed by atoms with E-state index in [9.17, 15) is 18.8 Å². The topological polar surface area (TPSA) is 78.5 Å². The van der Waals surface area contributed by atoms with Crippen LogP contribution in [0.5, 0.6) is 0 Å². The van der Waals surface area contributed by atoms with Crippen LogP contribution in [0.15, 0.2) is 24.3 Å². The lowest BCUT2D eigenvalue weighted by atomic mass is 10.2. The number of hydrogen-bond acceptors (Lipinski definition) is 4. The Morgan fingerprint density at radius 2 is 2.09 bits per heavy atom. The third-order valence-corrected chi connectivity index (χ3v) is 5.67. The predicted octanol–water partition coefficient (Wildman–Crippen LogP) is 1.04. The third kappa shape index (κ3) is 2.78. The highest BCUT2D eigenvalue weighted by Crippen LogP contribution is 2.47. The van der Waals surface area contributed by atoms with E-state index < -0.39 is 23.7 Å². The van der Waals surface area contributed by atoms with E-state index >= 15 is 0 Å². The normalized spacial score (nSPS) is 26.1. The summed E-state index contributed by atoms with van der Waals surface area (Å²) in [5, 5.41) is 0. The molecular formula is C15H16FN3O3S. The number of hydrogen-bond donors (Lipinski definition) is 2. The second-order valence-corrected chi connectivity index (χ2v) is 7.19. The Kier molecular flexibility index (Phi) is 4.01. The number of nitrogens with one attached hydrogen (secondary N) is 2. The number of benzene rings is 1. The van der Waals surface area contributed by atoms with E-state index in [2.05, 4.69) is 10.9 Å². The van der Waals surface area contributed by atoms with Gasteiger partial charge in [-0.3, -0.25) is 25.2 Å². The Balaban J connectivity index is 1.63. The van der Waals surface area contributed by atoms with Crippen molar-refractivity contribution in [2.75, 3.05) is 5.75 Å². The van der Waals surface area contributed by atoms with Crippen LogP contribution in [0.4, 0.5) is 4.39 Å². The standard InChI is InChI=1S/C15H16FN3O3S/c1-15-7-6-12(20)19(15)11(8-23-15)14(22)18-17-13(21)9-4-2-3-5-10(9)16/h2-5,11H,6-8H2,1H3,(H,17,21)(H,18,22)/t11-,15-/m0/s1. The Morgan fingerprint density at radius 3 is 2.83 bits per heavy atom. The van der Waals surface area contributed by atoms with Crippen LogP contribution in [0.2, 0.25) is 0 Å². The van der Waals surface area contributed by atoms with Crippen LogP contribution < -0.4 is 10.9 Å². The fourth-order valence-corrected chi connectivity index (χ4v) is 4.36. The Hall–Kier alpha value is -2.09. The number of nitrogens with zero attached hydrogens (tertiary/aromatic N) is 1. The molecule has 3 rings (SSSR count). The van der Waals surface area contributed by atoms with Crippen LogP contribution >= 0.6 is 11.8 Å². The van der Waals surface area contributed by atoms with Crippen molar-refractivity contribution < 1.29 is 18.8 Å². The number of carbonyl (C=O) groups excluding carboxylic acids is 3. The predicted molar refractivity (Wildman–Crippen MR) is 82.7 cm³/mol. The van der Waals surface area contributed by atoms with Gasteiger partial charge in [0.2, 0.25) is 5.91 Å². The van der Waals surface area contributed by atoms with E-state index in [1.165, 1.54) is 24.3 Å². The Bertz CT molecular complexity index is 684. The zero-order chi connectivity index (χ0) is 16.6. The number of halogens is 1. The van der Waals surface area contributed by atoms with Crippen LogP contribution in [0.3, 0.4) is 0 Å². The monoisotopic (exact) mass is 337 g/mol. The molecule has 2 saturated heterocycles. The molecule has 2 N–H and O–H groups in total. The Morgan fingerprint density at radius 1 is 1.35 bits per heavy atom. The van der Waals surface area contributed by atoms with E-state index in [1.807, 2.05) is 6.92 Å². The summed E-state index contributed by atoms with van der Waals surface area (Å²) in [5.74, 6) is -1.46. The number of carbonyl (C=O) groups is 3. The largest absolute Gasteiger partial charge is 0.315 e. The van der Waals surface area contributed by atoms with E-state index in [4.69, 9.17) is 0 Å². The van der Waals surface area contributed by atoms with Gasteiger partial charge in [0, 0.05) is 12.2 Å². The highest BCUT2D eigenvalue weighted by molar-refractivity contribution is 8.01. The summed E-state index contributed by atoms with van der Waals surface area (Å²) in [6, 6.07) is 4.87. The smallest absolute Gasteiger partial charge is 0.272 e. The molecule has 2 heterocycles. The summed E-state index contributed by atoms with van der Waals surface area (Å²) in [7, 11) is 0. The van der Waals surface area contributed by atoms with Crippen molar-refractivity contribution in [3.05, 3.63) is 35.6 Å². The minimum atomic E-state index is -0.738. The van der Waals surface area contributed by atoms with Crippen molar-refractivity contribution in [3.63, 3.8) is 0 Å². The maximum absolute atomic E-state index is 13.5. The minimum Gasteiger partial charge on any atom is -0.315 e. The molecule has 1 aromatic rings. The van der Waals surface area contributed by atoms with Gasteiger partial charge in [0.15, 0.2) is 0 Å². The van der Waals surface area contributed by atoms with Gasteiger partial charge in [-0.15, -0.1) is 11.8 Å². The molecule has 122 valence electrons. The third-order valence-electron chi connectivity index (χ3n) is 4.17.